The van der Waals surface area contributed by atoms with Crippen molar-refractivity contribution in [3.05, 3.63) is 16.8 Å². The van der Waals surface area contributed by atoms with Crippen LogP contribution in [0.2, 0.25) is 0 Å². The number of aromatic nitrogens is 2. The molecule has 0 aliphatic heterocycles. The fourth-order valence-corrected chi connectivity index (χ4v) is 3.18. The van der Waals surface area contributed by atoms with Gasteiger partial charge in [0.15, 0.2) is 0 Å². The highest BCUT2D eigenvalue weighted by atomic mass is 32.1. The number of likely N-dealkylation sites (N-methyl/N-ethyl adjacent to an activating group) is 1. The van der Waals surface area contributed by atoms with Crippen molar-refractivity contribution in [3.8, 4) is 0 Å². The summed E-state index contributed by atoms with van der Waals surface area (Å²) in [7, 11) is 1.82. The van der Waals surface area contributed by atoms with E-state index < -0.39 is 11.6 Å². The molecule has 2 rings (SSSR count). The van der Waals surface area contributed by atoms with E-state index in [1.165, 1.54) is 6.33 Å². The van der Waals surface area contributed by atoms with E-state index in [9.17, 15) is 15.0 Å². The molecule has 0 saturated carbocycles. The monoisotopic (exact) mass is 295 g/mol. The zero-order chi connectivity index (χ0) is 15.1. The number of aliphatic hydroxyl groups is 1. The highest BCUT2D eigenvalue weighted by molar-refractivity contribution is 7.20. The van der Waals surface area contributed by atoms with Gasteiger partial charge < -0.3 is 15.1 Å². The maximum atomic E-state index is 11.2. The SMILES string of the molecule is Cc1c(C(=O)O)sc2ncnc(N(C)CC(C)(C)O)c12. The number of carboxylic acids is 1. The Bertz CT molecular complexity index is 661. The molecule has 0 aliphatic rings. The molecule has 0 radical (unpaired) electrons. The van der Waals surface area contributed by atoms with Gasteiger partial charge in [0.2, 0.25) is 0 Å². The van der Waals surface area contributed by atoms with Gasteiger partial charge in [-0.05, 0) is 26.3 Å². The van der Waals surface area contributed by atoms with Crippen molar-refractivity contribution >= 4 is 33.3 Å². The largest absolute Gasteiger partial charge is 0.477 e. The van der Waals surface area contributed by atoms with E-state index in [2.05, 4.69) is 9.97 Å². The summed E-state index contributed by atoms with van der Waals surface area (Å²) < 4.78 is 0. The molecule has 0 unspecified atom stereocenters. The second kappa shape index (κ2) is 4.99. The number of fused-ring (bicyclic) bond motifs is 1. The first kappa shape index (κ1) is 14.7. The topological polar surface area (TPSA) is 86.5 Å². The molecule has 2 heterocycles. The zero-order valence-electron chi connectivity index (χ0n) is 11.8. The first-order valence-corrected chi connectivity index (χ1v) is 6.93. The number of carbonyl (C=O) groups is 1. The molecule has 0 atom stereocenters. The smallest absolute Gasteiger partial charge is 0.346 e. The summed E-state index contributed by atoms with van der Waals surface area (Å²) in [6, 6.07) is 0. The van der Waals surface area contributed by atoms with Gasteiger partial charge in [0.1, 0.15) is 21.9 Å². The molecule has 6 nitrogen and oxygen atoms in total. The molecule has 0 saturated heterocycles. The summed E-state index contributed by atoms with van der Waals surface area (Å²) >= 11 is 1.14. The normalized spacial score (nSPS) is 11.8. The van der Waals surface area contributed by atoms with Crippen LogP contribution in [0.5, 0.6) is 0 Å². The summed E-state index contributed by atoms with van der Waals surface area (Å²) in [5, 5.41) is 19.8. The van der Waals surface area contributed by atoms with E-state index in [4.69, 9.17) is 0 Å². The van der Waals surface area contributed by atoms with E-state index >= 15 is 0 Å². The quantitative estimate of drug-likeness (QED) is 0.896. The lowest BCUT2D eigenvalue weighted by Gasteiger charge is -2.26. The highest BCUT2D eigenvalue weighted by Gasteiger charge is 2.23. The van der Waals surface area contributed by atoms with Crippen molar-refractivity contribution in [1.82, 2.24) is 9.97 Å². The Hall–Kier alpha value is -1.73. The Morgan fingerprint density at radius 1 is 1.45 bits per heavy atom. The molecule has 7 heteroatoms. The van der Waals surface area contributed by atoms with Crippen LogP contribution in [0.25, 0.3) is 10.2 Å². The molecule has 0 spiro atoms. The first-order valence-electron chi connectivity index (χ1n) is 6.11. The van der Waals surface area contributed by atoms with Crippen LogP contribution in [0.1, 0.15) is 29.1 Å². The van der Waals surface area contributed by atoms with Crippen LogP contribution in [-0.2, 0) is 0 Å². The van der Waals surface area contributed by atoms with Crippen LogP contribution in [0, 0.1) is 6.92 Å². The molecule has 2 aromatic rings. The van der Waals surface area contributed by atoms with Crippen LogP contribution < -0.4 is 4.90 Å². The highest BCUT2D eigenvalue weighted by Crippen LogP contribution is 2.34. The number of anilines is 1. The van der Waals surface area contributed by atoms with Crippen LogP contribution >= 0.6 is 11.3 Å². The number of aryl methyl sites for hydroxylation is 1. The number of carboxylic acid groups (broad SMARTS) is 1. The van der Waals surface area contributed by atoms with Gasteiger partial charge in [-0.3, -0.25) is 0 Å². The van der Waals surface area contributed by atoms with E-state index in [1.807, 2.05) is 11.9 Å². The van der Waals surface area contributed by atoms with Crippen LogP contribution in [0.15, 0.2) is 6.33 Å². The number of thiophene rings is 1. The third kappa shape index (κ3) is 2.73. The van der Waals surface area contributed by atoms with Crippen LogP contribution in [0.3, 0.4) is 0 Å². The van der Waals surface area contributed by atoms with Gasteiger partial charge in [0.05, 0.1) is 11.0 Å². The molecular weight excluding hydrogens is 278 g/mol. The molecule has 2 N–H and O–H groups in total. The van der Waals surface area contributed by atoms with Crippen LogP contribution in [-0.4, -0.2) is 45.3 Å². The predicted octanol–water partition coefficient (Wildman–Crippen LogP) is 1.91. The predicted molar refractivity (Wildman–Crippen MR) is 78.7 cm³/mol. The lowest BCUT2D eigenvalue weighted by atomic mass is 10.1. The van der Waals surface area contributed by atoms with Gasteiger partial charge >= 0.3 is 5.97 Å². The molecule has 0 aromatic carbocycles. The summed E-state index contributed by atoms with van der Waals surface area (Å²) in [5.74, 6) is -0.319. The van der Waals surface area contributed by atoms with Gasteiger partial charge in [-0.1, -0.05) is 0 Å². The molecular formula is C13H17N3O3S. The third-order valence-electron chi connectivity index (χ3n) is 2.89. The van der Waals surface area contributed by atoms with E-state index in [0.29, 0.717) is 22.8 Å². The van der Waals surface area contributed by atoms with Crippen molar-refractivity contribution in [3.63, 3.8) is 0 Å². The Kier molecular flexibility index (Phi) is 3.66. The summed E-state index contributed by atoms with van der Waals surface area (Å²) in [6.07, 6.45) is 1.42. The lowest BCUT2D eigenvalue weighted by Crippen LogP contribution is -2.36. The molecule has 20 heavy (non-hydrogen) atoms. The fourth-order valence-electron chi connectivity index (χ4n) is 2.20. The number of nitrogens with zero attached hydrogens (tertiary/aromatic N) is 3. The average molecular weight is 295 g/mol. The van der Waals surface area contributed by atoms with Crippen molar-refractivity contribution in [2.75, 3.05) is 18.5 Å². The molecule has 0 bridgehead atoms. The first-order chi connectivity index (χ1) is 9.20. The number of aromatic carboxylic acids is 1. The Morgan fingerprint density at radius 3 is 2.65 bits per heavy atom. The summed E-state index contributed by atoms with van der Waals surface area (Å²) in [4.78, 5) is 22.3. The van der Waals surface area contributed by atoms with Gasteiger partial charge in [0.25, 0.3) is 0 Å². The van der Waals surface area contributed by atoms with Gasteiger partial charge in [0, 0.05) is 13.6 Å². The zero-order valence-corrected chi connectivity index (χ0v) is 12.7. The molecule has 0 amide bonds. The Balaban J connectivity index is 2.57. The molecule has 108 valence electrons. The van der Waals surface area contributed by atoms with Gasteiger partial charge in [-0.15, -0.1) is 11.3 Å². The number of hydrogen-bond donors (Lipinski definition) is 2. The minimum atomic E-state index is -0.957. The van der Waals surface area contributed by atoms with Gasteiger partial charge in [-0.25, -0.2) is 14.8 Å². The lowest BCUT2D eigenvalue weighted by molar-refractivity contribution is 0.0701. The number of rotatable bonds is 4. The van der Waals surface area contributed by atoms with Crippen molar-refractivity contribution in [2.45, 2.75) is 26.4 Å². The van der Waals surface area contributed by atoms with Crippen LogP contribution in [0.4, 0.5) is 5.82 Å². The fraction of sp³-hybridized carbons (Fsp3) is 0.462. The number of hydrogen-bond acceptors (Lipinski definition) is 6. The minimum Gasteiger partial charge on any atom is -0.477 e. The second-order valence-corrected chi connectivity index (χ2v) is 6.41. The summed E-state index contributed by atoms with van der Waals surface area (Å²) in [5.41, 5.74) is -0.207. The summed E-state index contributed by atoms with van der Waals surface area (Å²) in [6.45, 7) is 5.57. The minimum absolute atomic E-state index is 0.276. The molecule has 0 fully saturated rings. The maximum Gasteiger partial charge on any atom is 0.346 e. The Labute approximate surface area is 120 Å². The van der Waals surface area contributed by atoms with Gasteiger partial charge in [-0.2, -0.15) is 0 Å². The maximum absolute atomic E-state index is 11.2. The molecule has 0 aliphatic carbocycles. The average Bonchev–Trinajstić information content (AvgIpc) is 2.65. The van der Waals surface area contributed by atoms with E-state index in [-0.39, 0.29) is 4.88 Å². The van der Waals surface area contributed by atoms with E-state index in [0.717, 1.165) is 16.7 Å². The van der Waals surface area contributed by atoms with Crippen molar-refractivity contribution in [2.24, 2.45) is 0 Å². The van der Waals surface area contributed by atoms with Crippen molar-refractivity contribution < 1.29 is 15.0 Å². The van der Waals surface area contributed by atoms with E-state index in [1.54, 1.807) is 20.8 Å². The Morgan fingerprint density at radius 2 is 2.10 bits per heavy atom. The second-order valence-electron chi connectivity index (χ2n) is 5.41. The third-order valence-corrected chi connectivity index (χ3v) is 4.07. The van der Waals surface area contributed by atoms with Crippen molar-refractivity contribution in [1.29, 1.82) is 0 Å². The standard InChI is InChI=1S/C13H17N3O3S/c1-7-8-10(16(4)5-13(2,3)19)14-6-15-11(8)20-9(7)12(17)18/h6,19H,5H2,1-4H3,(H,17,18). The molecule has 2 aromatic heterocycles.